The summed E-state index contributed by atoms with van der Waals surface area (Å²) in [6.07, 6.45) is -0.469. The van der Waals surface area contributed by atoms with Gasteiger partial charge in [-0.15, -0.1) is 0 Å². The molecule has 0 aliphatic carbocycles. The van der Waals surface area contributed by atoms with Crippen LogP contribution in [0.5, 0.6) is 0 Å². The molecule has 1 saturated heterocycles. The van der Waals surface area contributed by atoms with E-state index in [-0.39, 0.29) is 0 Å². The Morgan fingerprint density at radius 1 is 1.14 bits per heavy atom. The van der Waals surface area contributed by atoms with Gasteiger partial charge in [0.15, 0.2) is 0 Å². The Morgan fingerprint density at radius 2 is 1.72 bits per heavy atom. The zero-order valence-electron chi connectivity index (χ0n) is 17.8. The van der Waals surface area contributed by atoms with E-state index >= 15 is 0 Å². The molecule has 1 aromatic heterocycles. The number of ether oxygens (including phenoxy) is 1. The van der Waals surface area contributed by atoms with Crippen molar-refractivity contribution in [1.82, 2.24) is 4.57 Å². The van der Waals surface area contributed by atoms with E-state index in [4.69, 9.17) is 14.0 Å². The first-order valence-corrected chi connectivity index (χ1v) is 9.44. The highest BCUT2D eigenvalue weighted by Gasteiger charge is 2.51. The fraction of sp³-hybridized carbons (Fsp3) is 0.500. The van der Waals surface area contributed by atoms with Crippen molar-refractivity contribution < 1.29 is 28.7 Å². The number of carboxylic acid groups (broad SMARTS) is 1. The predicted molar refractivity (Wildman–Crippen MR) is 111 cm³/mol. The molecule has 156 valence electrons. The zero-order chi connectivity index (χ0) is 21.8. The van der Waals surface area contributed by atoms with Gasteiger partial charge in [0.25, 0.3) is 0 Å². The molecule has 0 unspecified atom stereocenters. The molecular weight excluding hydrogens is 375 g/mol. The number of nitrogens with one attached hydrogen (secondary N) is 1. The first-order chi connectivity index (χ1) is 13.2. The lowest BCUT2D eigenvalue weighted by atomic mass is 9.78. The number of nitrogens with zero attached hydrogens (tertiary/aromatic N) is 1. The number of aromatic nitrogens is 1. The van der Waals surface area contributed by atoms with Crippen LogP contribution in [0.1, 0.15) is 48.5 Å². The SMILES string of the molecule is CC(C)(C)OC(=O)Nc1cn(C(=O)O)c2ccc(B3OC(C)(C)C(C)(C)O3)cc12. The Kier molecular flexibility index (Phi) is 4.95. The maximum atomic E-state index is 12.2. The first-order valence-electron chi connectivity index (χ1n) is 9.44. The fourth-order valence-corrected chi connectivity index (χ4v) is 3.04. The molecule has 1 aromatic carbocycles. The lowest BCUT2D eigenvalue weighted by molar-refractivity contribution is 0.00578. The molecule has 0 saturated carbocycles. The molecule has 1 aliphatic rings. The number of benzene rings is 1. The van der Waals surface area contributed by atoms with Crippen molar-refractivity contribution in [2.24, 2.45) is 0 Å². The standard InChI is InChI=1S/C20H27BN2O6/c1-18(2,3)27-16(24)22-14-11-23(17(25)26)15-9-8-12(10-13(14)15)21-28-19(4,5)20(6,7)29-21/h8-11H,1-7H3,(H,22,24)(H,25,26). The zero-order valence-corrected chi connectivity index (χ0v) is 17.8. The van der Waals surface area contributed by atoms with Crippen molar-refractivity contribution in [3.05, 3.63) is 24.4 Å². The van der Waals surface area contributed by atoms with E-state index in [0.717, 1.165) is 10.0 Å². The van der Waals surface area contributed by atoms with Crippen molar-refractivity contribution in [3.8, 4) is 0 Å². The van der Waals surface area contributed by atoms with Gasteiger partial charge in [0.05, 0.1) is 22.4 Å². The van der Waals surface area contributed by atoms with Crippen LogP contribution in [0.25, 0.3) is 10.9 Å². The number of carbonyl (C=O) groups excluding carboxylic acids is 1. The second kappa shape index (κ2) is 6.78. The van der Waals surface area contributed by atoms with Gasteiger partial charge in [-0.25, -0.2) is 9.59 Å². The van der Waals surface area contributed by atoms with E-state index in [2.05, 4.69) is 5.32 Å². The number of hydrogen-bond acceptors (Lipinski definition) is 5. The summed E-state index contributed by atoms with van der Waals surface area (Å²) in [4.78, 5) is 23.8. The van der Waals surface area contributed by atoms with Crippen LogP contribution in [-0.2, 0) is 14.0 Å². The Labute approximate surface area is 170 Å². The molecule has 2 aromatic rings. The van der Waals surface area contributed by atoms with Crippen molar-refractivity contribution in [3.63, 3.8) is 0 Å². The van der Waals surface area contributed by atoms with Gasteiger partial charge in [0.1, 0.15) is 5.60 Å². The molecule has 2 N–H and O–H groups in total. The van der Waals surface area contributed by atoms with Crippen LogP contribution >= 0.6 is 0 Å². The second-order valence-corrected chi connectivity index (χ2v) is 9.19. The lowest BCUT2D eigenvalue weighted by Gasteiger charge is -2.32. The van der Waals surface area contributed by atoms with Crippen molar-refractivity contribution in [1.29, 1.82) is 0 Å². The highest BCUT2D eigenvalue weighted by molar-refractivity contribution is 6.62. The van der Waals surface area contributed by atoms with Gasteiger partial charge >= 0.3 is 19.3 Å². The van der Waals surface area contributed by atoms with Crippen LogP contribution in [-0.4, -0.2) is 45.8 Å². The quantitative estimate of drug-likeness (QED) is 0.742. The number of rotatable bonds is 2. The van der Waals surface area contributed by atoms with Gasteiger partial charge in [0.2, 0.25) is 0 Å². The molecule has 0 radical (unpaired) electrons. The highest BCUT2D eigenvalue weighted by Crippen LogP contribution is 2.37. The van der Waals surface area contributed by atoms with E-state index in [1.165, 1.54) is 6.20 Å². The Bertz CT molecular complexity index is 957. The second-order valence-electron chi connectivity index (χ2n) is 9.19. The average molecular weight is 402 g/mol. The molecule has 3 rings (SSSR count). The minimum Gasteiger partial charge on any atom is -0.464 e. The summed E-state index contributed by atoms with van der Waals surface area (Å²) in [5.41, 5.74) is -0.192. The Morgan fingerprint density at radius 3 is 2.24 bits per heavy atom. The number of hydrogen-bond donors (Lipinski definition) is 2. The van der Waals surface area contributed by atoms with Gasteiger partial charge in [0, 0.05) is 11.6 Å². The monoisotopic (exact) mass is 402 g/mol. The fourth-order valence-electron chi connectivity index (χ4n) is 3.04. The molecule has 29 heavy (non-hydrogen) atoms. The topological polar surface area (TPSA) is 99.0 Å². The minimum atomic E-state index is -1.16. The number of fused-ring (bicyclic) bond motifs is 1. The van der Waals surface area contributed by atoms with Crippen LogP contribution in [0.4, 0.5) is 15.3 Å². The minimum absolute atomic E-state index is 0.329. The summed E-state index contributed by atoms with van der Waals surface area (Å²) in [7, 11) is -0.605. The van der Waals surface area contributed by atoms with Gasteiger partial charge in [-0.3, -0.25) is 9.88 Å². The van der Waals surface area contributed by atoms with E-state index in [9.17, 15) is 14.7 Å². The molecule has 1 fully saturated rings. The molecule has 1 amide bonds. The average Bonchev–Trinajstić information content (AvgIpc) is 3.00. The van der Waals surface area contributed by atoms with Gasteiger partial charge < -0.3 is 19.2 Å². The predicted octanol–water partition coefficient (Wildman–Crippen LogP) is 3.81. The van der Waals surface area contributed by atoms with Crippen LogP contribution in [0.2, 0.25) is 0 Å². The van der Waals surface area contributed by atoms with Crippen LogP contribution < -0.4 is 10.8 Å². The largest absolute Gasteiger partial charge is 0.494 e. The normalized spacial score (nSPS) is 18.1. The molecule has 8 nitrogen and oxygen atoms in total. The summed E-state index contributed by atoms with van der Waals surface area (Å²) in [6, 6.07) is 5.20. The van der Waals surface area contributed by atoms with Gasteiger partial charge in [-0.05, 0) is 60.0 Å². The number of carbonyl (C=O) groups is 2. The molecular formula is C20H27BN2O6. The highest BCUT2D eigenvalue weighted by atomic mass is 16.7. The van der Waals surface area contributed by atoms with E-state index < -0.39 is 36.1 Å². The maximum Gasteiger partial charge on any atom is 0.494 e. The third kappa shape index (κ3) is 4.11. The third-order valence-electron chi connectivity index (χ3n) is 5.20. The Hall–Kier alpha value is -2.52. The van der Waals surface area contributed by atoms with Crippen LogP contribution in [0.15, 0.2) is 24.4 Å². The molecule has 0 atom stereocenters. The Balaban J connectivity index is 2.00. The molecule has 9 heteroatoms. The van der Waals surface area contributed by atoms with E-state index in [1.54, 1.807) is 39.0 Å². The third-order valence-corrected chi connectivity index (χ3v) is 5.20. The summed E-state index contributed by atoms with van der Waals surface area (Å²) in [5, 5.41) is 12.7. The number of anilines is 1. The van der Waals surface area contributed by atoms with Crippen molar-refractivity contribution in [2.75, 3.05) is 5.32 Å². The molecule has 1 aliphatic heterocycles. The summed E-state index contributed by atoms with van der Waals surface area (Å²) < 4.78 is 18.5. The maximum absolute atomic E-state index is 12.2. The molecule has 0 spiro atoms. The van der Waals surface area contributed by atoms with Crippen molar-refractivity contribution in [2.45, 2.75) is 65.3 Å². The summed E-state index contributed by atoms with van der Waals surface area (Å²) >= 11 is 0. The molecule has 0 bridgehead atoms. The van der Waals surface area contributed by atoms with Crippen LogP contribution in [0.3, 0.4) is 0 Å². The van der Waals surface area contributed by atoms with Gasteiger partial charge in [-0.1, -0.05) is 12.1 Å². The summed E-state index contributed by atoms with van der Waals surface area (Å²) in [6.45, 7) is 13.1. The van der Waals surface area contributed by atoms with E-state index in [1.807, 2.05) is 27.7 Å². The number of amides is 1. The summed E-state index contributed by atoms with van der Waals surface area (Å²) in [5.74, 6) is 0. The van der Waals surface area contributed by atoms with Crippen molar-refractivity contribution >= 4 is 41.4 Å². The van der Waals surface area contributed by atoms with Crippen LogP contribution in [0, 0.1) is 0 Å². The van der Waals surface area contributed by atoms with Gasteiger partial charge in [-0.2, -0.15) is 0 Å². The first kappa shape index (κ1) is 21.2. The smallest absolute Gasteiger partial charge is 0.464 e. The lowest BCUT2D eigenvalue weighted by Crippen LogP contribution is -2.41. The van der Waals surface area contributed by atoms with E-state index in [0.29, 0.717) is 16.6 Å². The molecule has 2 heterocycles.